The fourth-order valence-electron chi connectivity index (χ4n) is 3.03. The molecule has 1 saturated carbocycles. The number of carbonyl (C=O) groups is 2. The number of benzene rings is 2. The molecule has 0 bridgehead atoms. The maximum Gasteiger partial charge on any atom is 0.321 e. The molecular formula is C20H24N3O2+. The largest absolute Gasteiger partial charge is 0.335 e. The van der Waals surface area contributed by atoms with Crippen molar-refractivity contribution in [3.63, 3.8) is 0 Å². The van der Waals surface area contributed by atoms with E-state index in [4.69, 9.17) is 0 Å². The van der Waals surface area contributed by atoms with Crippen LogP contribution in [-0.2, 0) is 4.79 Å². The minimum Gasteiger partial charge on any atom is -0.335 e. The first kappa shape index (κ1) is 17.2. The molecule has 3 rings (SSSR count). The summed E-state index contributed by atoms with van der Waals surface area (Å²) in [5.41, 5.74) is 2.28. The molecule has 2 aromatic carbocycles. The van der Waals surface area contributed by atoms with E-state index in [0.29, 0.717) is 0 Å². The van der Waals surface area contributed by atoms with Crippen molar-refractivity contribution < 1.29 is 14.5 Å². The van der Waals surface area contributed by atoms with Gasteiger partial charge in [0.15, 0.2) is 6.54 Å². The van der Waals surface area contributed by atoms with Gasteiger partial charge in [0, 0.05) is 17.2 Å². The predicted octanol–water partition coefficient (Wildman–Crippen LogP) is 1.28. The summed E-state index contributed by atoms with van der Waals surface area (Å²) >= 11 is 0. The average Bonchev–Trinajstić information content (AvgIpc) is 3.40. The fourth-order valence-corrected chi connectivity index (χ4v) is 3.03. The summed E-state index contributed by atoms with van der Waals surface area (Å²) in [6.07, 6.45) is 1.99. The minimum atomic E-state index is -0.392. The van der Waals surface area contributed by atoms with Crippen molar-refractivity contribution in [2.75, 3.05) is 13.6 Å². The van der Waals surface area contributed by atoms with Crippen molar-refractivity contribution in [1.82, 2.24) is 10.6 Å². The van der Waals surface area contributed by atoms with E-state index in [1.165, 1.54) is 0 Å². The van der Waals surface area contributed by atoms with Gasteiger partial charge in [-0.25, -0.2) is 4.79 Å². The molecule has 1 aliphatic carbocycles. The molecule has 25 heavy (non-hydrogen) atoms. The predicted molar refractivity (Wildman–Crippen MR) is 96.2 cm³/mol. The van der Waals surface area contributed by atoms with Gasteiger partial charge in [0.1, 0.15) is 6.04 Å². The number of quaternary nitrogens is 1. The monoisotopic (exact) mass is 338 g/mol. The summed E-state index contributed by atoms with van der Waals surface area (Å²) in [7, 11) is 1.98. The second kappa shape index (κ2) is 7.94. The van der Waals surface area contributed by atoms with Crippen LogP contribution in [0.5, 0.6) is 0 Å². The highest BCUT2D eigenvalue weighted by Crippen LogP contribution is 2.19. The molecule has 130 valence electrons. The topological polar surface area (TPSA) is 62.6 Å². The first-order chi connectivity index (χ1) is 12.1. The highest BCUT2D eigenvalue weighted by Gasteiger charge is 2.27. The Morgan fingerprint density at radius 3 is 2.00 bits per heavy atom. The summed E-state index contributed by atoms with van der Waals surface area (Å²) < 4.78 is 0. The molecule has 1 fully saturated rings. The van der Waals surface area contributed by atoms with Gasteiger partial charge in [-0.1, -0.05) is 60.7 Å². The van der Waals surface area contributed by atoms with E-state index in [2.05, 4.69) is 34.9 Å². The maximum atomic E-state index is 12.2. The molecule has 5 nitrogen and oxygen atoms in total. The molecular weight excluding hydrogens is 314 g/mol. The molecule has 3 N–H and O–H groups in total. The molecule has 0 aliphatic heterocycles. The normalized spacial score (nSPS) is 14.8. The molecule has 0 radical (unpaired) electrons. The number of amides is 3. The summed E-state index contributed by atoms with van der Waals surface area (Å²) in [6, 6.07) is 20.1. The van der Waals surface area contributed by atoms with E-state index in [-0.39, 0.29) is 24.5 Å². The molecule has 1 unspecified atom stereocenters. The number of imide groups is 1. The molecule has 0 saturated heterocycles. The SMILES string of the molecule is C[NH+](CC(=O)NC(=O)NC1CC1)C(c1ccccc1)c1ccccc1. The zero-order valence-electron chi connectivity index (χ0n) is 14.4. The van der Waals surface area contributed by atoms with Gasteiger partial charge in [0.2, 0.25) is 0 Å². The molecule has 1 aliphatic rings. The first-order valence-electron chi connectivity index (χ1n) is 8.66. The van der Waals surface area contributed by atoms with Gasteiger partial charge in [-0.3, -0.25) is 10.1 Å². The third-order valence-corrected chi connectivity index (χ3v) is 4.36. The molecule has 1 atom stereocenters. The lowest BCUT2D eigenvalue weighted by atomic mass is 9.97. The van der Waals surface area contributed by atoms with E-state index in [9.17, 15) is 9.59 Å². The number of likely N-dealkylation sites (N-methyl/N-ethyl adjacent to an activating group) is 1. The van der Waals surface area contributed by atoms with E-state index >= 15 is 0 Å². The Morgan fingerprint density at radius 1 is 1.00 bits per heavy atom. The van der Waals surface area contributed by atoms with Crippen LogP contribution in [0.1, 0.15) is 30.0 Å². The van der Waals surface area contributed by atoms with Crippen LogP contribution in [0.25, 0.3) is 0 Å². The van der Waals surface area contributed by atoms with Crippen LogP contribution in [-0.4, -0.2) is 31.6 Å². The number of nitrogens with one attached hydrogen (secondary N) is 3. The lowest BCUT2D eigenvalue weighted by Crippen LogP contribution is -3.10. The maximum absolute atomic E-state index is 12.2. The van der Waals surface area contributed by atoms with E-state index in [0.717, 1.165) is 28.9 Å². The van der Waals surface area contributed by atoms with Gasteiger partial charge in [0.25, 0.3) is 5.91 Å². The zero-order chi connectivity index (χ0) is 17.6. The lowest BCUT2D eigenvalue weighted by Gasteiger charge is -2.25. The smallest absolute Gasteiger partial charge is 0.321 e. The fraction of sp³-hybridized carbons (Fsp3) is 0.300. The van der Waals surface area contributed by atoms with Crippen LogP contribution in [0, 0.1) is 0 Å². The van der Waals surface area contributed by atoms with Crippen LogP contribution in [0.4, 0.5) is 4.79 Å². The van der Waals surface area contributed by atoms with Crippen LogP contribution < -0.4 is 15.5 Å². The van der Waals surface area contributed by atoms with Crippen LogP contribution >= 0.6 is 0 Å². The number of rotatable bonds is 6. The molecule has 2 aromatic rings. The first-order valence-corrected chi connectivity index (χ1v) is 8.66. The standard InChI is InChI=1S/C20H23N3O2/c1-23(14-18(24)22-20(25)21-17-12-13-17)19(15-8-4-2-5-9-15)16-10-6-3-7-11-16/h2-11,17,19H,12-14H2,1H3,(H2,21,22,24,25)/p+1. The van der Waals surface area contributed by atoms with E-state index in [1.54, 1.807) is 0 Å². The van der Waals surface area contributed by atoms with E-state index in [1.807, 2.05) is 43.4 Å². The number of hydrogen-bond acceptors (Lipinski definition) is 2. The van der Waals surface area contributed by atoms with Gasteiger partial charge < -0.3 is 10.2 Å². The molecule has 0 aromatic heterocycles. The molecule has 5 heteroatoms. The molecule has 0 spiro atoms. The number of hydrogen-bond donors (Lipinski definition) is 3. The van der Waals surface area contributed by atoms with Crippen molar-refractivity contribution in [2.45, 2.75) is 24.9 Å². The van der Waals surface area contributed by atoms with Gasteiger partial charge in [0.05, 0.1) is 7.05 Å². The average molecular weight is 338 g/mol. The van der Waals surface area contributed by atoms with Crippen molar-refractivity contribution in [1.29, 1.82) is 0 Å². The van der Waals surface area contributed by atoms with Crippen molar-refractivity contribution in [2.24, 2.45) is 0 Å². The molecule has 0 heterocycles. The molecule has 3 amide bonds. The zero-order valence-corrected chi connectivity index (χ0v) is 14.4. The number of urea groups is 1. The Hall–Kier alpha value is -2.66. The Kier molecular flexibility index (Phi) is 5.46. The van der Waals surface area contributed by atoms with Gasteiger partial charge in [-0.15, -0.1) is 0 Å². The van der Waals surface area contributed by atoms with Crippen LogP contribution in [0.15, 0.2) is 60.7 Å². The summed E-state index contributed by atoms with van der Waals surface area (Å²) in [4.78, 5) is 25.0. The highest BCUT2D eigenvalue weighted by atomic mass is 16.2. The van der Waals surface area contributed by atoms with Crippen LogP contribution in [0.2, 0.25) is 0 Å². The quantitative estimate of drug-likeness (QED) is 0.743. The van der Waals surface area contributed by atoms with Crippen molar-refractivity contribution in [3.8, 4) is 0 Å². The summed E-state index contributed by atoms with van der Waals surface area (Å²) in [5, 5.41) is 5.20. The van der Waals surface area contributed by atoms with Crippen LogP contribution in [0.3, 0.4) is 0 Å². The third-order valence-electron chi connectivity index (χ3n) is 4.36. The second-order valence-electron chi connectivity index (χ2n) is 6.57. The Morgan fingerprint density at radius 2 is 1.52 bits per heavy atom. The van der Waals surface area contributed by atoms with Crippen molar-refractivity contribution in [3.05, 3.63) is 71.8 Å². The third kappa shape index (κ3) is 4.90. The lowest BCUT2D eigenvalue weighted by molar-refractivity contribution is -0.898. The second-order valence-corrected chi connectivity index (χ2v) is 6.57. The van der Waals surface area contributed by atoms with E-state index < -0.39 is 6.03 Å². The summed E-state index contributed by atoms with van der Waals surface area (Å²) in [6.45, 7) is 0.215. The minimum absolute atomic E-state index is 0.0274. The Labute approximate surface area is 148 Å². The van der Waals surface area contributed by atoms with Gasteiger partial charge in [-0.05, 0) is 12.8 Å². The van der Waals surface area contributed by atoms with Gasteiger partial charge >= 0.3 is 6.03 Å². The van der Waals surface area contributed by atoms with Gasteiger partial charge in [-0.2, -0.15) is 0 Å². The Bertz CT molecular complexity index is 675. The highest BCUT2D eigenvalue weighted by molar-refractivity contribution is 5.94. The summed E-state index contributed by atoms with van der Waals surface area (Å²) in [5.74, 6) is -0.271. The Balaban J connectivity index is 1.69. The number of carbonyl (C=O) groups excluding carboxylic acids is 2. The van der Waals surface area contributed by atoms with Crippen molar-refractivity contribution >= 4 is 11.9 Å².